The van der Waals surface area contributed by atoms with Crippen LogP contribution in [0.5, 0.6) is 0 Å². The zero-order valence-corrected chi connectivity index (χ0v) is 6.97. The second-order valence-electron chi connectivity index (χ2n) is 2.68. The first kappa shape index (κ1) is 9.70. The van der Waals surface area contributed by atoms with E-state index in [1.807, 2.05) is 0 Å². The summed E-state index contributed by atoms with van der Waals surface area (Å²) in [7, 11) is 0. The summed E-state index contributed by atoms with van der Waals surface area (Å²) in [5.41, 5.74) is 6.12. The predicted molar refractivity (Wildman–Crippen MR) is 47.4 cm³/mol. The molecular formula is C9H11NO3. The maximum absolute atomic E-state index is 10.7. The van der Waals surface area contributed by atoms with Crippen LogP contribution in [0.3, 0.4) is 0 Å². The van der Waals surface area contributed by atoms with Gasteiger partial charge in [-0.3, -0.25) is 0 Å². The van der Waals surface area contributed by atoms with E-state index < -0.39 is 12.0 Å². The number of aliphatic hydroxyl groups is 1. The van der Waals surface area contributed by atoms with Crippen molar-refractivity contribution >= 4 is 5.97 Å². The lowest BCUT2D eigenvalue weighted by Gasteiger charge is -2.10. The van der Waals surface area contributed by atoms with Crippen LogP contribution in [0.15, 0.2) is 24.3 Å². The van der Waals surface area contributed by atoms with E-state index in [4.69, 9.17) is 15.9 Å². The Morgan fingerprint density at radius 3 is 2.62 bits per heavy atom. The fourth-order valence-corrected chi connectivity index (χ4v) is 1.11. The molecule has 0 aliphatic carbocycles. The van der Waals surface area contributed by atoms with E-state index in [2.05, 4.69) is 0 Å². The molecule has 4 nitrogen and oxygen atoms in total. The lowest BCUT2D eigenvalue weighted by atomic mass is 10.0. The van der Waals surface area contributed by atoms with Gasteiger partial charge in [0.2, 0.25) is 0 Å². The summed E-state index contributed by atoms with van der Waals surface area (Å²) in [5.74, 6) is -1.03. The molecule has 0 saturated carbocycles. The highest BCUT2D eigenvalue weighted by Crippen LogP contribution is 2.15. The SMILES string of the molecule is N[C@H](CO)c1ccccc1C(=O)O. The van der Waals surface area contributed by atoms with Crippen molar-refractivity contribution in [2.75, 3.05) is 6.61 Å². The number of nitrogens with two attached hydrogens (primary N) is 1. The van der Waals surface area contributed by atoms with Crippen molar-refractivity contribution < 1.29 is 15.0 Å². The topological polar surface area (TPSA) is 83.5 Å². The van der Waals surface area contributed by atoms with E-state index in [1.54, 1.807) is 18.2 Å². The van der Waals surface area contributed by atoms with Gasteiger partial charge in [0, 0.05) is 0 Å². The van der Waals surface area contributed by atoms with E-state index in [1.165, 1.54) is 6.07 Å². The molecule has 0 spiro atoms. The van der Waals surface area contributed by atoms with Crippen molar-refractivity contribution in [2.24, 2.45) is 5.73 Å². The van der Waals surface area contributed by atoms with Gasteiger partial charge in [-0.05, 0) is 11.6 Å². The number of hydrogen-bond acceptors (Lipinski definition) is 3. The minimum Gasteiger partial charge on any atom is -0.478 e. The maximum atomic E-state index is 10.7. The van der Waals surface area contributed by atoms with Crippen LogP contribution in [0.4, 0.5) is 0 Å². The lowest BCUT2D eigenvalue weighted by Crippen LogP contribution is -2.18. The third kappa shape index (κ3) is 2.05. The highest BCUT2D eigenvalue weighted by molar-refractivity contribution is 5.89. The first-order chi connectivity index (χ1) is 6.16. The number of benzene rings is 1. The summed E-state index contributed by atoms with van der Waals surface area (Å²) in [5, 5.41) is 17.5. The molecule has 13 heavy (non-hydrogen) atoms. The molecule has 0 aliphatic heterocycles. The summed E-state index contributed by atoms with van der Waals surface area (Å²) < 4.78 is 0. The van der Waals surface area contributed by atoms with E-state index in [-0.39, 0.29) is 12.2 Å². The Morgan fingerprint density at radius 1 is 1.46 bits per heavy atom. The average molecular weight is 181 g/mol. The number of carbonyl (C=O) groups is 1. The van der Waals surface area contributed by atoms with E-state index >= 15 is 0 Å². The Balaban J connectivity index is 3.11. The number of rotatable bonds is 3. The quantitative estimate of drug-likeness (QED) is 0.629. The highest BCUT2D eigenvalue weighted by atomic mass is 16.4. The molecule has 0 radical (unpaired) electrons. The minimum atomic E-state index is -1.03. The van der Waals surface area contributed by atoms with Crippen LogP contribution in [0.1, 0.15) is 22.0 Å². The fourth-order valence-electron chi connectivity index (χ4n) is 1.11. The van der Waals surface area contributed by atoms with E-state index in [0.717, 1.165) is 0 Å². The van der Waals surface area contributed by atoms with E-state index in [9.17, 15) is 4.79 Å². The van der Waals surface area contributed by atoms with Crippen LogP contribution in [-0.4, -0.2) is 22.8 Å². The number of hydrogen-bond donors (Lipinski definition) is 3. The van der Waals surface area contributed by atoms with Gasteiger partial charge in [-0.2, -0.15) is 0 Å². The molecule has 1 rings (SSSR count). The molecule has 4 heteroatoms. The lowest BCUT2D eigenvalue weighted by molar-refractivity contribution is 0.0694. The van der Waals surface area contributed by atoms with Crippen LogP contribution < -0.4 is 5.73 Å². The first-order valence-corrected chi connectivity index (χ1v) is 3.85. The minimum absolute atomic E-state index is 0.143. The summed E-state index contributed by atoms with van der Waals surface area (Å²) in [6, 6.07) is 5.75. The molecule has 0 aliphatic rings. The average Bonchev–Trinajstić information content (AvgIpc) is 2.16. The van der Waals surface area contributed by atoms with Gasteiger partial charge in [0.25, 0.3) is 0 Å². The van der Waals surface area contributed by atoms with Crippen molar-refractivity contribution in [1.82, 2.24) is 0 Å². The molecule has 0 fully saturated rings. The van der Waals surface area contributed by atoms with Gasteiger partial charge in [0.15, 0.2) is 0 Å². The largest absolute Gasteiger partial charge is 0.478 e. The molecule has 0 unspecified atom stereocenters. The van der Waals surface area contributed by atoms with Gasteiger partial charge in [-0.15, -0.1) is 0 Å². The van der Waals surface area contributed by atoms with Gasteiger partial charge in [0.05, 0.1) is 18.2 Å². The maximum Gasteiger partial charge on any atom is 0.336 e. The Morgan fingerprint density at radius 2 is 2.08 bits per heavy atom. The fraction of sp³-hybridized carbons (Fsp3) is 0.222. The number of aromatic carboxylic acids is 1. The van der Waals surface area contributed by atoms with Gasteiger partial charge in [0.1, 0.15) is 0 Å². The van der Waals surface area contributed by atoms with Crippen LogP contribution >= 0.6 is 0 Å². The summed E-state index contributed by atoms with van der Waals surface area (Å²) in [4.78, 5) is 10.7. The third-order valence-corrected chi connectivity index (χ3v) is 1.79. The van der Waals surface area contributed by atoms with Crippen molar-refractivity contribution in [1.29, 1.82) is 0 Å². The molecule has 1 aromatic rings. The van der Waals surface area contributed by atoms with Crippen LogP contribution in [0.25, 0.3) is 0 Å². The number of aliphatic hydroxyl groups excluding tert-OH is 1. The van der Waals surface area contributed by atoms with Crippen molar-refractivity contribution in [2.45, 2.75) is 6.04 Å². The van der Waals surface area contributed by atoms with Gasteiger partial charge >= 0.3 is 5.97 Å². The number of carboxylic acids is 1. The molecule has 0 aromatic heterocycles. The molecule has 70 valence electrons. The van der Waals surface area contributed by atoms with Crippen LogP contribution in [-0.2, 0) is 0 Å². The zero-order chi connectivity index (χ0) is 9.84. The van der Waals surface area contributed by atoms with E-state index in [0.29, 0.717) is 5.56 Å². The molecule has 0 bridgehead atoms. The molecule has 4 N–H and O–H groups in total. The van der Waals surface area contributed by atoms with Gasteiger partial charge < -0.3 is 15.9 Å². The second kappa shape index (κ2) is 4.02. The molecule has 0 amide bonds. The Kier molecular flexibility index (Phi) is 3.00. The molecule has 1 aromatic carbocycles. The van der Waals surface area contributed by atoms with Gasteiger partial charge in [-0.1, -0.05) is 18.2 Å². The second-order valence-corrected chi connectivity index (χ2v) is 2.68. The highest BCUT2D eigenvalue weighted by Gasteiger charge is 2.13. The van der Waals surface area contributed by atoms with Crippen molar-refractivity contribution in [3.05, 3.63) is 35.4 Å². The van der Waals surface area contributed by atoms with Crippen LogP contribution in [0.2, 0.25) is 0 Å². The first-order valence-electron chi connectivity index (χ1n) is 3.85. The van der Waals surface area contributed by atoms with Crippen molar-refractivity contribution in [3.8, 4) is 0 Å². The van der Waals surface area contributed by atoms with Gasteiger partial charge in [-0.25, -0.2) is 4.79 Å². The van der Waals surface area contributed by atoms with Crippen molar-refractivity contribution in [3.63, 3.8) is 0 Å². The smallest absolute Gasteiger partial charge is 0.336 e. The standard InChI is InChI=1S/C9H11NO3/c10-8(5-11)6-3-1-2-4-7(6)9(12)13/h1-4,8,11H,5,10H2,(H,12,13)/t8-/m1/s1. The Bertz CT molecular complexity index is 311. The summed E-state index contributed by atoms with van der Waals surface area (Å²) in [6.07, 6.45) is 0. The predicted octanol–water partition coefficient (Wildman–Crippen LogP) is 0.377. The third-order valence-electron chi connectivity index (χ3n) is 1.79. The summed E-state index contributed by atoms with van der Waals surface area (Å²) >= 11 is 0. The molecule has 1 atom stereocenters. The Hall–Kier alpha value is -1.39. The molecule has 0 saturated heterocycles. The molecular weight excluding hydrogens is 170 g/mol. The molecule has 0 heterocycles. The number of carboxylic acid groups (broad SMARTS) is 1. The zero-order valence-electron chi connectivity index (χ0n) is 6.97. The normalized spacial score (nSPS) is 12.5. The van der Waals surface area contributed by atoms with Crippen LogP contribution in [0, 0.1) is 0 Å². The monoisotopic (exact) mass is 181 g/mol. The summed E-state index contributed by atoms with van der Waals surface area (Å²) in [6.45, 7) is -0.260. The Labute approximate surface area is 75.6 Å².